The molecule has 1 N–H and O–H groups in total. The summed E-state index contributed by atoms with van der Waals surface area (Å²) in [5.41, 5.74) is 3.27. The Labute approximate surface area is 213 Å². The van der Waals surface area contributed by atoms with Crippen LogP contribution in [-0.2, 0) is 13.2 Å². The van der Waals surface area contributed by atoms with E-state index in [-0.39, 0.29) is 11.5 Å². The molecule has 0 bridgehead atoms. The van der Waals surface area contributed by atoms with Crippen molar-refractivity contribution in [1.29, 1.82) is 0 Å². The van der Waals surface area contributed by atoms with Crippen LogP contribution >= 0.6 is 0 Å². The first-order valence-corrected chi connectivity index (χ1v) is 11.8. The third-order valence-corrected chi connectivity index (χ3v) is 5.98. The van der Waals surface area contributed by atoms with Gasteiger partial charge in [0.05, 0.1) is 30.9 Å². The number of aromatic nitrogens is 2. The minimum Gasteiger partial charge on any atom is -0.496 e. The van der Waals surface area contributed by atoms with E-state index in [1.165, 1.54) is 10.9 Å². The zero-order valence-corrected chi connectivity index (χ0v) is 20.3. The first-order valence-electron chi connectivity index (χ1n) is 11.8. The van der Waals surface area contributed by atoms with Crippen LogP contribution in [0.4, 0.5) is 5.69 Å². The number of nitrogens with one attached hydrogen (secondary N) is 1. The van der Waals surface area contributed by atoms with E-state index < -0.39 is 0 Å². The van der Waals surface area contributed by atoms with Crippen LogP contribution in [0.5, 0.6) is 11.5 Å². The molecule has 4 aromatic carbocycles. The van der Waals surface area contributed by atoms with Crippen LogP contribution in [-0.4, -0.2) is 22.6 Å². The first kappa shape index (κ1) is 23.8. The highest BCUT2D eigenvalue weighted by atomic mass is 16.5. The molecule has 7 heteroatoms. The fraction of sp³-hybridized carbons (Fsp3) is 0.100. The fourth-order valence-corrected chi connectivity index (χ4v) is 4.01. The van der Waals surface area contributed by atoms with Crippen LogP contribution in [0.15, 0.2) is 108 Å². The molecular weight excluding hydrogens is 466 g/mol. The van der Waals surface area contributed by atoms with Gasteiger partial charge in [0.1, 0.15) is 18.1 Å². The lowest BCUT2D eigenvalue weighted by Crippen LogP contribution is -2.22. The highest BCUT2D eigenvalue weighted by Gasteiger charge is 2.12. The molecule has 0 radical (unpaired) electrons. The minimum atomic E-state index is -0.292. The maximum absolute atomic E-state index is 13.1. The second-order valence-corrected chi connectivity index (χ2v) is 8.47. The highest BCUT2D eigenvalue weighted by Crippen LogP contribution is 2.20. The SMILES string of the molecule is COc1ccccc1Cn1cnc2cc(C(=O)Nc3ccc(OCc4ccccc4)cc3)ccc2c1=O. The van der Waals surface area contributed by atoms with Gasteiger partial charge in [0, 0.05) is 16.8 Å². The molecule has 5 rings (SSSR count). The molecule has 0 atom stereocenters. The quantitative estimate of drug-likeness (QED) is 0.319. The van der Waals surface area contributed by atoms with Gasteiger partial charge in [-0.15, -0.1) is 0 Å². The number of nitrogens with zero attached hydrogens (tertiary/aromatic N) is 2. The number of para-hydroxylation sites is 1. The Kier molecular flexibility index (Phi) is 6.94. The molecule has 184 valence electrons. The topological polar surface area (TPSA) is 82.5 Å². The van der Waals surface area contributed by atoms with Crippen LogP contribution in [0.1, 0.15) is 21.5 Å². The molecule has 0 aliphatic heterocycles. The number of rotatable bonds is 8. The van der Waals surface area contributed by atoms with E-state index in [2.05, 4.69) is 10.3 Å². The standard InChI is InChI=1S/C30H25N3O4/c1-36-28-10-6-5-9-23(28)18-33-20-31-27-17-22(11-16-26(27)30(33)35)29(34)32-24-12-14-25(15-13-24)37-19-21-7-3-2-4-8-21/h2-17,20H,18-19H2,1H3,(H,32,34). The van der Waals surface area contributed by atoms with Crippen molar-refractivity contribution >= 4 is 22.5 Å². The van der Waals surface area contributed by atoms with E-state index >= 15 is 0 Å². The van der Waals surface area contributed by atoms with Gasteiger partial charge in [0.15, 0.2) is 0 Å². The predicted octanol–water partition coefficient (Wildman–Crippen LogP) is 5.28. The van der Waals surface area contributed by atoms with Crippen molar-refractivity contribution < 1.29 is 14.3 Å². The highest BCUT2D eigenvalue weighted by molar-refractivity contribution is 6.06. The van der Waals surface area contributed by atoms with Gasteiger partial charge in [0.25, 0.3) is 11.5 Å². The van der Waals surface area contributed by atoms with Crippen LogP contribution in [0, 0.1) is 0 Å². The number of carbonyl (C=O) groups is 1. The summed E-state index contributed by atoms with van der Waals surface area (Å²) in [6.45, 7) is 0.802. The molecular formula is C30H25N3O4. The molecule has 1 heterocycles. The van der Waals surface area contributed by atoms with Gasteiger partial charge in [0.2, 0.25) is 0 Å². The fourth-order valence-electron chi connectivity index (χ4n) is 4.01. The van der Waals surface area contributed by atoms with Crippen molar-refractivity contribution in [2.75, 3.05) is 12.4 Å². The number of methoxy groups -OCH3 is 1. The summed E-state index contributed by atoms with van der Waals surface area (Å²) in [5, 5.41) is 3.31. The maximum atomic E-state index is 13.1. The number of amides is 1. The van der Waals surface area contributed by atoms with E-state index in [9.17, 15) is 9.59 Å². The van der Waals surface area contributed by atoms with Crippen molar-refractivity contribution in [2.45, 2.75) is 13.2 Å². The van der Waals surface area contributed by atoms with Gasteiger partial charge >= 0.3 is 0 Å². The van der Waals surface area contributed by atoms with E-state index in [0.717, 1.165) is 11.1 Å². The predicted molar refractivity (Wildman–Crippen MR) is 143 cm³/mol. The number of hydrogen-bond acceptors (Lipinski definition) is 5. The van der Waals surface area contributed by atoms with Crippen molar-refractivity contribution in [3.8, 4) is 11.5 Å². The summed E-state index contributed by atoms with van der Waals surface area (Å²) in [4.78, 5) is 30.3. The molecule has 1 amide bonds. The average Bonchev–Trinajstić information content (AvgIpc) is 2.95. The Bertz CT molecular complexity index is 1600. The van der Waals surface area contributed by atoms with E-state index in [1.807, 2.05) is 66.7 Å². The number of hydrogen-bond donors (Lipinski definition) is 1. The minimum absolute atomic E-state index is 0.186. The molecule has 5 aromatic rings. The molecule has 7 nitrogen and oxygen atoms in total. The van der Waals surface area contributed by atoms with Gasteiger partial charge < -0.3 is 14.8 Å². The average molecular weight is 492 g/mol. The van der Waals surface area contributed by atoms with Crippen LogP contribution in [0.25, 0.3) is 10.9 Å². The zero-order chi connectivity index (χ0) is 25.6. The Morgan fingerprint density at radius 2 is 1.68 bits per heavy atom. The molecule has 1 aromatic heterocycles. The smallest absolute Gasteiger partial charge is 0.261 e. The van der Waals surface area contributed by atoms with Crippen LogP contribution in [0.2, 0.25) is 0 Å². The van der Waals surface area contributed by atoms with Gasteiger partial charge in [-0.3, -0.25) is 14.2 Å². The Hall–Kier alpha value is -4.91. The second-order valence-electron chi connectivity index (χ2n) is 8.47. The monoisotopic (exact) mass is 491 g/mol. The number of fused-ring (bicyclic) bond motifs is 1. The molecule has 0 aliphatic carbocycles. The van der Waals surface area contributed by atoms with E-state index in [1.54, 1.807) is 37.4 Å². The second kappa shape index (κ2) is 10.8. The number of benzene rings is 4. The lowest BCUT2D eigenvalue weighted by Gasteiger charge is -2.11. The lowest BCUT2D eigenvalue weighted by atomic mass is 10.1. The summed E-state index contributed by atoms with van der Waals surface area (Å²) >= 11 is 0. The van der Waals surface area contributed by atoms with Crippen molar-refractivity contribution in [3.05, 3.63) is 130 Å². The first-order chi connectivity index (χ1) is 18.1. The zero-order valence-electron chi connectivity index (χ0n) is 20.3. The summed E-state index contributed by atoms with van der Waals surface area (Å²) < 4.78 is 12.7. The summed E-state index contributed by atoms with van der Waals surface area (Å²) in [6, 6.07) is 29.5. The number of anilines is 1. The van der Waals surface area contributed by atoms with E-state index in [4.69, 9.17) is 9.47 Å². The molecule has 0 spiro atoms. The molecule has 0 saturated heterocycles. The third kappa shape index (κ3) is 5.51. The molecule has 37 heavy (non-hydrogen) atoms. The number of ether oxygens (including phenoxy) is 2. The van der Waals surface area contributed by atoms with Crippen LogP contribution in [0.3, 0.4) is 0 Å². The summed E-state index contributed by atoms with van der Waals surface area (Å²) in [5.74, 6) is 1.12. The van der Waals surface area contributed by atoms with E-state index in [0.29, 0.717) is 46.8 Å². The Morgan fingerprint density at radius 1 is 0.919 bits per heavy atom. The largest absolute Gasteiger partial charge is 0.496 e. The molecule has 0 fully saturated rings. The molecule has 0 unspecified atom stereocenters. The molecule has 0 aliphatic rings. The molecule has 0 saturated carbocycles. The van der Waals surface area contributed by atoms with Crippen molar-refractivity contribution in [1.82, 2.24) is 9.55 Å². The number of carbonyl (C=O) groups excluding carboxylic acids is 1. The van der Waals surface area contributed by atoms with Crippen molar-refractivity contribution in [3.63, 3.8) is 0 Å². The normalized spacial score (nSPS) is 10.7. The van der Waals surface area contributed by atoms with Crippen LogP contribution < -0.4 is 20.3 Å². The van der Waals surface area contributed by atoms with Gasteiger partial charge in [-0.05, 0) is 54.1 Å². The third-order valence-electron chi connectivity index (χ3n) is 5.98. The Morgan fingerprint density at radius 3 is 2.46 bits per heavy atom. The Balaban J connectivity index is 1.27. The van der Waals surface area contributed by atoms with Crippen molar-refractivity contribution in [2.24, 2.45) is 0 Å². The van der Waals surface area contributed by atoms with Gasteiger partial charge in [-0.1, -0.05) is 48.5 Å². The van der Waals surface area contributed by atoms with Gasteiger partial charge in [-0.2, -0.15) is 0 Å². The maximum Gasteiger partial charge on any atom is 0.261 e. The summed E-state index contributed by atoms with van der Waals surface area (Å²) in [6.07, 6.45) is 1.49. The van der Waals surface area contributed by atoms with Gasteiger partial charge in [-0.25, -0.2) is 4.98 Å². The summed E-state index contributed by atoms with van der Waals surface area (Å²) in [7, 11) is 1.60. The lowest BCUT2D eigenvalue weighted by molar-refractivity contribution is 0.102.